The van der Waals surface area contributed by atoms with Gasteiger partial charge in [0.2, 0.25) is 0 Å². The number of nitrogens with zero attached hydrogens (tertiary/aromatic N) is 1. The number of hydrogen-bond acceptors (Lipinski definition) is 2. The van der Waals surface area contributed by atoms with Gasteiger partial charge < -0.3 is 4.74 Å². The van der Waals surface area contributed by atoms with Crippen molar-refractivity contribution in [3.05, 3.63) is 23.6 Å². The lowest BCUT2D eigenvalue weighted by Gasteiger charge is -2.20. The summed E-state index contributed by atoms with van der Waals surface area (Å²) in [5.74, 6) is -0.248. The van der Waals surface area contributed by atoms with Gasteiger partial charge in [-0.15, -0.1) is 0 Å². The van der Waals surface area contributed by atoms with E-state index in [4.69, 9.17) is 4.74 Å². The molecule has 1 heterocycles. The second-order valence-electron chi connectivity index (χ2n) is 4.16. The van der Waals surface area contributed by atoms with Crippen molar-refractivity contribution in [2.24, 2.45) is 0 Å². The van der Waals surface area contributed by atoms with Crippen LogP contribution in [0.2, 0.25) is 0 Å². The zero-order valence-corrected chi connectivity index (χ0v) is 9.10. The predicted octanol–water partition coefficient (Wildman–Crippen LogP) is 2.92. The van der Waals surface area contributed by atoms with Crippen molar-refractivity contribution in [3.63, 3.8) is 0 Å². The highest BCUT2D eigenvalue weighted by Gasteiger charge is 2.21. The van der Waals surface area contributed by atoms with Crippen LogP contribution < -0.4 is 4.74 Å². The molecule has 0 atom stereocenters. The van der Waals surface area contributed by atoms with Gasteiger partial charge >= 0.3 is 0 Å². The minimum atomic E-state index is -0.346. The average Bonchev–Trinajstić information content (AvgIpc) is 2.07. The van der Waals surface area contributed by atoms with Crippen LogP contribution in [0.5, 0.6) is 5.88 Å². The Kier molecular flexibility index (Phi) is 3.09. The molecule has 0 spiro atoms. The number of pyridine rings is 1. The zero-order valence-electron chi connectivity index (χ0n) is 9.10. The van der Waals surface area contributed by atoms with E-state index in [1.807, 2.05) is 27.7 Å². The molecule has 0 aromatic carbocycles. The molecule has 0 unspecified atom stereocenters. The maximum Gasteiger partial charge on any atom is 0.250 e. The zero-order chi connectivity index (χ0) is 10.8. The molecule has 1 aromatic heterocycles. The van der Waals surface area contributed by atoms with Crippen LogP contribution in [-0.2, 0) is 5.41 Å². The molecule has 1 rings (SSSR count). The largest absolute Gasteiger partial charge is 0.476 e. The number of ether oxygens (including phenoxy) is 1. The molecule has 0 N–H and O–H groups in total. The van der Waals surface area contributed by atoms with Crippen LogP contribution in [-0.4, -0.2) is 11.6 Å². The topological polar surface area (TPSA) is 22.1 Å². The lowest BCUT2D eigenvalue weighted by atomic mass is 9.87. The van der Waals surface area contributed by atoms with E-state index in [1.54, 1.807) is 12.3 Å². The van der Waals surface area contributed by atoms with E-state index in [9.17, 15) is 4.39 Å². The van der Waals surface area contributed by atoms with Crippen LogP contribution in [0.3, 0.4) is 0 Å². The summed E-state index contributed by atoms with van der Waals surface area (Å²) in [5.41, 5.74) is 0.412. The summed E-state index contributed by atoms with van der Waals surface area (Å²) in [6.07, 6.45) is 1.58. The van der Waals surface area contributed by atoms with Gasteiger partial charge in [0.25, 0.3) is 5.88 Å². The first kappa shape index (κ1) is 11.0. The molecule has 0 amide bonds. The highest BCUT2D eigenvalue weighted by molar-refractivity contribution is 5.29. The molecular weight excluding hydrogens is 181 g/mol. The Balaban J connectivity index is 3.14. The third-order valence-electron chi connectivity index (χ3n) is 1.95. The molecule has 0 radical (unpaired) electrons. The predicted molar refractivity (Wildman–Crippen MR) is 54.1 cm³/mol. The van der Waals surface area contributed by atoms with Gasteiger partial charge in [0.15, 0.2) is 5.82 Å². The Labute approximate surface area is 84.1 Å². The van der Waals surface area contributed by atoms with Crippen LogP contribution in [0.4, 0.5) is 4.39 Å². The molecule has 0 bridgehead atoms. The Hall–Kier alpha value is -1.12. The van der Waals surface area contributed by atoms with Gasteiger partial charge in [0, 0.05) is 11.8 Å². The maximum atomic E-state index is 13.8. The van der Waals surface area contributed by atoms with E-state index in [0.29, 0.717) is 12.2 Å². The van der Waals surface area contributed by atoms with Crippen molar-refractivity contribution in [2.75, 3.05) is 6.61 Å². The monoisotopic (exact) mass is 197 g/mol. The van der Waals surface area contributed by atoms with Gasteiger partial charge in [-0.2, -0.15) is 0 Å². The average molecular weight is 197 g/mol. The van der Waals surface area contributed by atoms with E-state index in [1.165, 1.54) is 0 Å². The quantitative estimate of drug-likeness (QED) is 0.727. The lowest BCUT2D eigenvalue weighted by Crippen LogP contribution is -2.15. The summed E-state index contributed by atoms with van der Waals surface area (Å²) < 4.78 is 18.9. The third kappa shape index (κ3) is 2.22. The Morgan fingerprint density at radius 3 is 2.57 bits per heavy atom. The molecule has 0 saturated carbocycles. The van der Waals surface area contributed by atoms with Crippen LogP contribution >= 0.6 is 0 Å². The minimum absolute atomic E-state index is 0.0972. The molecule has 14 heavy (non-hydrogen) atoms. The van der Waals surface area contributed by atoms with Crippen molar-refractivity contribution in [1.29, 1.82) is 0 Å². The first-order chi connectivity index (χ1) is 6.46. The normalized spacial score (nSPS) is 11.5. The Morgan fingerprint density at radius 1 is 1.43 bits per heavy atom. The maximum absolute atomic E-state index is 13.8. The van der Waals surface area contributed by atoms with E-state index in [-0.39, 0.29) is 17.1 Å². The van der Waals surface area contributed by atoms with Crippen molar-refractivity contribution >= 4 is 0 Å². The van der Waals surface area contributed by atoms with Crippen molar-refractivity contribution in [2.45, 2.75) is 33.1 Å². The van der Waals surface area contributed by atoms with Gasteiger partial charge in [-0.3, -0.25) is 0 Å². The standard InChI is InChI=1S/C11H16FNO/c1-5-14-10-9(12)8(6-7-13-10)11(2,3)4/h6-7H,5H2,1-4H3. The van der Waals surface area contributed by atoms with Gasteiger partial charge in [-0.05, 0) is 18.4 Å². The fourth-order valence-corrected chi connectivity index (χ4v) is 1.24. The summed E-state index contributed by atoms with van der Waals surface area (Å²) in [4.78, 5) is 3.84. The van der Waals surface area contributed by atoms with Gasteiger partial charge in [0.1, 0.15) is 0 Å². The smallest absolute Gasteiger partial charge is 0.250 e. The van der Waals surface area contributed by atoms with E-state index in [2.05, 4.69) is 4.98 Å². The molecule has 0 aliphatic carbocycles. The fourth-order valence-electron chi connectivity index (χ4n) is 1.24. The van der Waals surface area contributed by atoms with Crippen LogP contribution in [0.15, 0.2) is 12.3 Å². The first-order valence-corrected chi connectivity index (χ1v) is 4.74. The molecule has 0 aliphatic heterocycles. The highest BCUT2D eigenvalue weighted by Crippen LogP contribution is 2.28. The first-order valence-electron chi connectivity index (χ1n) is 4.74. The second-order valence-corrected chi connectivity index (χ2v) is 4.16. The SMILES string of the molecule is CCOc1nccc(C(C)(C)C)c1F. The van der Waals surface area contributed by atoms with Crippen LogP contribution in [0.1, 0.15) is 33.3 Å². The van der Waals surface area contributed by atoms with Crippen molar-refractivity contribution in [3.8, 4) is 5.88 Å². The third-order valence-corrected chi connectivity index (χ3v) is 1.95. The minimum Gasteiger partial charge on any atom is -0.476 e. The molecule has 0 fully saturated rings. The highest BCUT2D eigenvalue weighted by atomic mass is 19.1. The van der Waals surface area contributed by atoms with Gasteiger partial charge in [-0.1, -0.05) is 20.8 Å². The molecule has 0 saturated heterocycles. The van der Waals surface area contributed by atoms with E-state index >= 15 is 0 Å². The number of halogens is 1. The lowest BCUT2D eigenvalue weighted by molar-refractivity contribution is 0.303. The molecule has 1 aromatic rings. The van der Waals surface area contributed by atoms with E-state index < -0.39 is 0 Å². The number of rotatable bonds is 2. The van der Waals surface area contributed by atoms with E-state index in [0.717, 1.165) is 0 Å². The summed E-state index contributed by atoms with van der Waals surface area (Å²) in [7, 11) is 0. The molecule has 0 aliphatic rings. The molecular formula is C11H16FNO. The summed E-state index contributed by atoms with van der Waals surface area (Å²) in [6.45, 7) is 8.12. The molecule has 3 heteroatoms. The summed E-state index contributed by atoms with van der Waals surface area (Å²) in [5, 5.41) is 0. The fraction of sp³-hybridized carbons (Fsp3) is 0.545. The van der Waals surface area contributed by atoms with Crippen molar-refractivity contribution < 1.29 is 9.13 Å². The second kappa shape index (κ2) is 3.95. The van der Waals surface area contributed by atoms with Crippen LogP contribution in [0.25, 0.3) is 0 Å². The van der Waals surface area contributed by atoms with Gasteiger partial charge in [-0.25, -0.2) is 9.37 Å². The van der Waals surface area contributed by atoms with Crippen molar-refractivity contribution in [1.82, 2.24) is 4.98 Å². The Morgan fingerprint density at radius 2 is 2.07 bits per heavy atom. The summed E-state index contributed by atoms with van der Waals surface area (Å²) in [6, 6.07) is 1.69. The summed E-state index contributed by atoms with van der Waals surface area (Å²) >= 11 is 0. The molecule has 78 valence electrons. The molecule has 2 nitrogen and oxygen atoms in total. The number of aromatic nitrogens is 1. The van der Waals surface area contributed by atoms with Crippen LogP contribution in [0, 0.1) is 5.82 Å². The number of hydrogen-bond donors (Lipinski definition) is 0. The Bertz CT molecular complexity index is 318. The van der Waals surface area contributed by atoms with Gasteiger partial charge in [0.05, 0.1) is 6.61 Å².